The molecule has 0 unspecified atom stereocenters. The topological polar surface area (TPSA) is 41.6 Å². The average Bonchev–Trinajstić information content (AvgIpc) is 2.62. The highest BCUT2D eigenvalue weighted by molar-refractivity contribution is 6.01. The lowest BCUT2D eigenvalue weighted by Crippen LogP contribution is -2.43. The number of fused-ring (bicyclic) bond motifs is 1. The molecule has 0 bridgehead atoms. The minimum atomic E-state index is -0.195. The van der Waals surface area contributed by atoms with Gasteiger partial charge in [0.2, 0.25) is 0 Å². The molecular weight excluding hydrogens is 300 g/mol. The number of benzene rings is 2. The summed E-state index contributed by atoms with van der Waals surface area (Å²) in [5.41, 5.74) is 2.60. The zero-order chi connectivity index (χ0) is 16.9. The SMILES string of the molecule is C=CCOc1cccc([C@H]2Nc3ccccc3C(=O)N2CCC)c1. The van der Waals surface area contributed by atoms with Gasteiger partial charge in [0.15, 0.2) is 0 Å². The van der Waals surface area contributed by atoms with Crippen LogP contribution in [0.1, 0.15) is 35.4 Å². The highest BCUT2D eigenvalue weighted by Crippen LogP contribution is 2.34. The smallest absolute Gasteiger partial charge is 0.257 e. The molecule has 1 aliphatic rings. The molecule has 0 saturated heterocycles. The molecule has 1 N–H and O–H groups in total. The van der Waals surface area contributed by atoms with E-state index in [-0.39, 0.29) is 12.1 Å². The second-order valence-electron chi connectivity index (χ2n) is 5.76. The van der Waals surface area contributed by atoms with Gasteiger partial charge in [-0.3, -0.25) is 4.79 Å². The van der Waals surface area contributed by atoms with E-state index in [0.717, 1.165) is 29.0 Å². The van der Waals surface area contributed by atoms with Crippen molar-refractivity contribution in [3.63, 3.8) is 0 Å². The molecule has 0 spiro atoms. The highest BCUT2D eigenvalue weighted by Gasteiger charge is 2.32. The molecule has 1 heterocycles. The van der Waals surface area contributed by atoms with E-state index >= 15 is 0 Å². The van der Waals surface area contributed by atoms with Crippen molar-refractivity contribution in [3.8, 4) is 5.75 Å². The van der Waals surface area contributed by atoms with Crippen LogP contribution in [-0.2, 0) is 0 Å². The molecule has 1 atom stereocenters. The Kier molecular flexibility index (Phi) is 4.85. The first-order chi connectivity index (χ1) is 11.7. The lowest BCUT2D eigenvalue weighted by Gasteiger charge is -2.38. The molecule has 2 aromatic rings. The van der Waals surface area contributed by atoms with Crippen molar-refractivity contribution < 1.29 is 9.53 Å². The summed E-state index contributed by atoms with van der Waals surface area (Å²) in [6.07, 6.45) is 2.42. The molecule has 2 aromatic carbocycles. The maximum Gasteiger partial charge on any atom is 0.257 e. The van der Waals surface area contributed by atoms with Crippen LogP contribution < -0.4 is 10.1 Å². The van der Waals surface area contributed by atoms with Gasteiger partial charge in [-0.05, 0) is 36.2 Å². The van der Waals surface area contributed by atoms with Gasteiger partial charge in [-0.2, -0.15) is 0 Å². The summed E-state index contributed by atoms with van der Waals surface area (Å²) in [6.45, 7) is 6.90. The second kappa shape index (κ2) is 7.21. The molecule has 3 rings (SSSR count). The molecule has 24 heavy (non-hydrogen) atoms. The Balaban J connectivity index is 1.96. The van der Waals surface area contributed by atoms with Crippen LogP contribution in [0, 0.1) is 0 Å². The Morgan fingerprint density at radius 1 is 1.25 bits per heavy atom. The third-order valence-electron chi connectivity index (χ3n) is 4.03. The average molecular weight is 322 g/mol. The zero-order valence-corrected chi connectivity index (χ0v) is 13.9. The first-order valence-corrected chi connectivity index (χ1v) is 8.24. The van der Waals surface area contributed by atoms with Crippen LogP contribution >= 0.6 is 0 Å². The van der Waals surface area contributed by atoms with Crippen LogP contribution in [0.15, 0.2) is 61.2 Å². The summed E-state index contributed by atoms with van der Waals surface area (Å²) < 4.78 is 5.63. The number of hydrogen-bond donors (Lipinski definition) is 1. The molecule has 1 amide bonds. The van der Waals surface area contributed by atoms with Crippen molar-refractivity contribution in [2.45, 2.75) is 19.5 Å². The Hall–Kier alpha value is -2.75. The Labute approximate surface area is 142 Å². The third kappa shape index (κ3) is 3.13. The first-order valence-electron chi connectivity index (χ1n) is 8.24. The van der Waals surface area contributed by atoms with Gasteiger partial charge in [-0.15, -0.1) is 0 Å². The van der Waals surface area contributed by atoms with Crippen molar-refractivity contribution in [3.05, 3.63) is 72.3 Å². The fourth-order valence-corrected chi connectivity index (χ4v) is 2.96. The number of carbonyl (C=O) groups excluding carboxylic acids is 1. The lowest BCUT2D eigenvalue weighted by molar-refractivity contribution is 0.0683. The maximum absolute atomic E-state index is 12.9. The maximum atomic E-state index is 12.9. The summed E-state index contributed by atoms with van der Waals surface area (Å²) in [4.78, 5) is 14.8. The van der Waals surface area contributed by atoms with Crippen LogP contribution in [0.25, 0.3) is 0 Å². The van der Waals surface area contributed by atoms with Gasteiger partial charge in [0.25, 0.3) is 5.91 Å². The molecule has 1 aliphatic heterocycles. The molecule has 4 nitrogen and oxygen atoms in total. The second-order valence-corrected chi connectivity index (χ2v) is 5.76. The first kappa shape index (κ1) is 16.1. The number of nitrogens with one attached hydrogen (secondary N) is 1. The minimum absolute atomic E-state index is 0.0635. The van der Waals surface area contributed by atoms with Crippen molar-refractivity contribution in [2.75, 3.05) is 18.5 Å². The number of amides is 1. The fourth-order valence-electron chi connectivity index (χ4n) is 2.96. The van der Waals surface area contributed by atoms with E-state index in [1.54, 1.807) is 6.08 Å². The van der Waals surface area contributed by atoms with E-state index in [4.69, 9.17) is 4.74 Å². The standard InChI is InChI=1S/C20H22N2O2/c1-3-12-22-19(15-8-7-9-16(14-15)24-13-4-2)21-18-11-6-5-10-17(18)20(22)23/h4-11,14,19,21H,2-3,12-13H2,1H3/t19-/m0/s1. The predicted octanol–water partition coefficient (Wildman–Crippen LogP) is 4.23. The number of ether oxygens (including phenoxy) is 1. The van der Waals surface area contributed by atoms with Crippen LogP contribution in [-0.4, -0.2) is 24.0 Å². The predicted molar refractivity (Wildman–Crippen MR) is 96.3 cm³/mol. The number of carbonyl (C=O) groups is 1. The van der Waals surface area contributed by atoms with Gasteiger partial charge in [0.1, 0.15) is 18.5 Å². The molecule has 0 aliphatic carbocycles. The van der Waals surface area contributed by atoms with E-state index in [2.05, 4.69) is 18.8 Å². The Morgan fingerprint density at radius 2 is 2.08 bits per heavy atom. The number of anilines is 1. The Morgan fingerprint density at radius 3 is 2.88 bits per heavy atom. The molecule has 4 heteroatoms. The van der Waals surface area contributed by atoms with Crippen LogP contribution in [0.5, 0.6) is 5.75 Å². The van der Waals surface area contributed by atoms with Gasteiger partial charge in [0.05, 0.1) is 5.56 Å². The van der Waals surface area contributed by atoms with Crippen LogP contribution in [0.2, 0.25) is 0 Å². The number of para-hydroxylation sites is 1. The molecule has 0 radical (unpaired) electrons. The number of nitrogens with zero attached hydrogens (tertiary/aromatic N) is 1. The third-order valence-corrected chi connectivity index (χ3v) is 4.03. The Bertz CT molecular complexity index is 742. The fraction of sp³-hybridized carbons (Fsp3) is 0.250. The van der Waals surface area contributed by atoms with E-state index < -0.39 is 0 Å². The van der Waals surface area contributed by atoms with Gasteiger partial charge in [0, 0.05) is 12.2 Å². The minimum Gasteiger partial charge on any atom is -0.490 e. The van der Waals surface area contributed by atoms with Gasteiger partial charge in [-0.25, -0.2) is 0 Å². The number of hydrogen-bond acceptors (Lipinski definition) is 3. The van der Waals surface area contributed by atoms with E-state index in [1.807, 2.05) is 53.4 Å². The van der Waals surface area contributed by atoms with Gasteiger partial charge < -0.3 is 15.0 Å². The summed E-state index contributed by atoms with van der Waals surface area (Å²) in [6, 6.07) is 15.5. The summed E-state index contributed by atoms with van der Waals surface area (Å²) in [7, 11) is 0. The van der Waals surface area contributed by atoms with Crippen LogP contribution in [0.3, 0.4) is 0 Å². The normalized spacial score (nSPS) is 16.3. The monoisotopic (exact) mass is 322 g/mol. The van der Waals surface area contributed by atoms with Crippen LogP contribution in [0.4, 0.5) is 5.69 Å². The van der Waals surface area contributed by atoms with Gasteiger partial charge >= 0.3 is 0 Å². The summed E-state index contributed by atoms with van der Waals surface area (Å²) in [5.74, 6) is 0.838. The van der Waals surface area contributed by atoms with Crippen molar-refractivity contribution >= 4 is 11.6 Å². The van der Waals surface area contributed by atoms with Crippen molar-refractivity contribution in [1.82, 2.24) is 4.90 Å². The van der Waals surface area contributed by atoms with Crippen molar-refractivity contribution in [1.29, 1.82) is 0 Å². The quantitative estimate of drug-likeness (QED) is 0.809. The molecular formula is C20H22N2O2. The molecule has 0 fully saturated rings. The summed E-state index contributed by atoms with van der Waals surface area (Å²) >= 11 is 0. The lowest BCUT2D eigenvalue weighted by atomic mass is 10.0. The van der Waals surface area contributed by atoms with E-state index in [9.17, 15) is 4.79 Å². The number of rotatable bonds is 6. The molecule has 0 saturated carbocycles. The van der Waals surface area contributed by atoms with Gasteiger partial charge in [-0.1, -0.05) is 43.8 Å². The zero-order valence-electron chi connectivity index (χ0n) is 13.9. The molecule has 124 valence electrons. The van der Waals surface area contributed by atoms with E-state index in [0.29, 0.717) is 13.2 Å². The van der Waals surface area contributed by atoms with Crippen molar-refractivity contribution in [2.24, 2.45) is 0 Å². The largest absolute Gasteiger partial charge is 0.490 e. The highest BCUT2D eigenvalue weighted by atomic mass is 16.5. The molecule has 0 aromatic heterocycles. The summed E-state index contributed by atoms with van der Waals surface area (Å²) in [5, 5.41) is 3.49. The van der Waals surface area contributed by atoms with E-state index in [1.165, 1.54) is 0 Å².